The minimum atomic E-state index is -1.07. The van der Waals surface area contributed by atoms with Gasteiger partial charge in [-0.3, -0.25) is 4.79 Å². The lowest BCUT2D eigenvalue weighted by Crippen LogP contribution is -2.34. The molecule has 0 fully saturated rings. The highest BCUT2D eigenvalue weighted by atomic mass is 32.2. The number of esters is 1. The van der Waals surface area contributed by atoms with E-state index in [-0.39, 0.29) is 16.6 Å². The number of carbonyl (C=O) groups is 1. The van der Waals surface area contributed by atoms with Crippen molar-refractivity contribution < 1.29 is 13.7 Å². The molecule has 2 unspecified atom stereocenters. The van der Waals surface area contributed by atoms with Gasteiger partial charge in [0.15, 0.2) is 0 Å². The molecular weight excluding hydrogens is 226 g/mol. The highest BCUT2D eigenvalue weighted by Crippen LogP contribution is 2.09. The summed E-state index contributed by atoms with van der Waals surface area (Å²) >= 11 is 0. The fourth-order valence-corrected chi connectivity index (χ4v) is 1.72. The number of hydrogen-bond acceptors (Lipinski definition) is 3. The van der Waals surface area contributed by atoms with Crippen molar-refractivity contribution in [2.45, 2.75) is 45.8 Å². The topological polar surface area (TPSA) is 55.4 Å². The van der Waals surface area contributed by atoms with Crippen molar-refractivity contribution in [1.82, 2.24) is 4.72 Å². The van der Waals surface area contributed by atoms with Gasteiger partial charge in [0.25, 0.3) is 0 Å². The molecule has 1 N–H and O–H groups in total. The fraction of sp³-hybridized carbons (Fsp3) is 0.909. The predicted octanol–water partition coefficient (Wildman–Crippen LogP) is 1.63. The monoisotopic (exact) mass is 249 g/mol. The van der Waals surface area contributed by atoms with Crippen molar-refractivity contribution in [1.29, 1.82) is 0 Å². The normalized spacial score (nSPS) is 15.6. The molecule has 0 spiro atoms. The highest BCUT2D eigenvalue weighted by molar-refractivity contribution is 7.84. The van der Waals surface area contributed by atoms with E-state index in [2.05, 4.69) is 4.72 Å². The average Bonchev–Trinajstić information content (AvgIpc) is 2.16. The third-order valence-corrected chi connectivity index (χ3v) is 3.63. The van der Waals surface area contributed by atoms with Crippen molar-refractivity contribution in [3.8, 4) is 0 Å². The number of hydrogen-bond donors (Lipinski definition) is 1. The average molecular weight is 249 g/mol. The van der Waals surface area contributed by atoms with Crippen LogP contribution in [0.4, 0.5) is 0 Å². The van der Waals surface area contributed by atoms with Gasteiger partial charge in [-0.2, -0.15) is 0 Å². The van der Waals surface area contributed by atoms with E-state index in [4.69, 9.17) is 4.74 Å². The van der Waals surface area contributed by atoms with E-state index in [1.807, 2.05) is 27.7 Å². The molecule has 5 heteroatoms. The number of rotatable bonds is 6. The maximum absolute atomic E-state index is 11.6. The molecule has 0 aliphatic carbocycles. The molecule has 0 aliphatic heterocycles. The lowest BCUT2D eigenvalue weighted by molar-refractivity contribution is -0.147. The molecule has 0 radical (unpaired) electrons. The van der Waals surface area contributed by atoms with Crippen LogP contribution in [0.3, 0.4) is 0 Å². The van der Waals surface area contributed by atoms with Gasteiger partial charge in [0.1, 0.15) is 0 Å². The summed E-state index contributed by atoms with van der Waals surface area (Å²) in [6.07, 6.45) is 0.640. The molecule has 0 aromatic heterocycles. The highest BCUT2D eigenvalue weighted by Gasteiger charge is 2.20. The van der Waals surface area contributed by atoms with Crippen LogP contribution in [0, 0.1) is 5.92 Å². The Hall–Kier alpha value is -0.420. The molecule has 0 aliphatic rings. The zero-order chi connectivity index (χ0) is 12.8. The first-order chi connectivity index (χ1) is 7.29. The van der Waals surface area contributed by atoms with Gasteiger partial charge in [-0.25, -0.2) is 8.93 Å². The smallest absolute Gasteiger partial charge is 0.308 e. The van der Waals surface area contributed by atoms with Crippen LogP contribution in [-0.2, 0) is 20.5 Å². The number of nitrogens with one attached hydrogen (secondary N) is 1. The summed E-state index contributed by atoms with van der Waals surface area (Å²) in [6.45, 7) is 10.3. The zero-order valence-corrected chi connectivity index (χ0v) is 11.6. The van der Waals surface area contributed by atoms with E-state index in [9.17, 15) is 9.00 Å². The fourth-order valence-electron chi connectivity index (χ4n) is 0.987. The zero-order valence-electron chi connectivity index (χ0n) is 10.8. The maximum atomic E-state index is 11.6. The van der Waals surface area contributed by atoms with Gasteiger partial charge in [0, 0.05) is 6.54 Å². The molecule has 16 heavy (non-hydrogen) atoms. The van der Waals surface area contributed by atoms with E-state index in [0.717, 1.165) is 0 Å². The first-order valence-electron chi connectivity index (χ1n) is 5.61. The minimum absolute atomic E-state index is 0.149. The molecule has 0 aromatic carbocycles. The molecule has 96 valence electrons. The van der Waals surface area contributed by atoms with Crippen LogP contribution in [0.25, 0.3) is 0 Å². The van der Waals surface area contributed by atoms with Crippen LogP contribution in [-0.4, -0.2) is 28.1 Å². The van der Waals surface area contributed by atoms with Crippen LogP contribution >= 0.6 is 0 Å². The molecular formula is C11H23NO3S. The Morgan fingerprint density at radius 3 is 2.44 bits per heavy atom. The van der Waals surface area contributed by atoms with Crippen LogP contribution in [0.2, 0.25) is 0 Å². The standard InChI is InChI=1S/C11H23NO3S/c1-6-15-10(13)9(2)7-8-12-16(14)11(3,4)5/h9,12H,6-8H2,1-5H3. The predicted molar refractivity (Wildman–Crippen MR) is 66.3 cm³/mol. The molecule has 0 saturated heterocycles. The van der Waals surface area contributed by atoms with Gasteiger partial charge in [-0.1, -0.05) is 6.92 Å². The van der Waals surface area contributed by atoms with Crippen LogP contribution in [0.15, 0.2) is 0 Å². The third-order valence-electron chi connectivity index (χ3n) is 2.06. The SMILES string of the molecule is CCOC(=O)C(C)CCNS(=O)C(C)(C)C. The Morgan fingerprint density at radius 2 is 2.00 bits per heavy atom. The van der Waals surface area contributed by atoms with Crippen molar-refractivity contribution >= 4 is 17.0 Å². The summed E-state index contributed by atoms with van der Waals surface area (Å²) in [7, 11) is -1.07. The lowest BCUT2D eigenvalue weighted by atomic mass is 10.1. The summed E-state index contributed by atoms with van der Waals surface area (Å²) in [5, 5.41) is 0. The Bertz CT molecular complexity index is 248. The molecule has 0 saturated carbocycles. The van der Waals surface area contributed by atoms with E-state index in [0.29, 0.717) is 19.6 Å². The molecule has 2 atom stereocenters. The molecule has 0 aromatic rings. The Labute approximate surface area is 101 Å². The minimum Gasteiger partial charge on any atom is -0.466 e. The second-order valence-corrected chi connectivity index (χ2v) is 6.77. The second kappa shape index (κ2) is 7.01. The Kier molecular flexibility index (Phi) is 6.83. The molecule has 0 rings (SSSR count). The van der Waals surface area contributed by atoms with Crippen molar-refractivity contribution in [3.05, 3.63) is 0 Å². The van der Waals surface area contributed by atoms with Gasteiger partial charge in [0.2, 0.25) is 0 Å². The van der Waals surface area contributed by atoms with E-state index < -0.39 is 11.0 Å². The van der Waals surface area contributed by atoms with Crippen molar-refractivity contribution in [2.75, 3.05) is 13.2 Å². The lowest BCUT2D eigenvalue weighted by Gasteiger charge is -2.18. The summed E-state index contributed by atoms with van der Waals surface area (Å²) in [4.78, 5) is 11.3. The van der Waals surface area contributed by atoms with Crippen molar-refractivity contribution in [3.63, 3.8) is 0 Å². The van der Waals surface area contributed by atoms with Gasteiger partial charge in [-0.05, 0) is 34.1 Å². The van der Waals surface area contributed by atoms with Gasteiger partial charge in [0.05, 0.1) is 28.3 Å². The van der Waals surface area contributed by atoms with Gasteiger partial charge >= 0.3 is 5.97 Å². The number of carbonyl (C=O) groups excluding carboxylic acids is 1. The van der Waals surface area contributed by atoms with Gasteiger partial charge in [-0.15, -0.1) is 0 Å². The summed E-state index contributed by atoms with van der Waals surface area (Å²) in [5.74, 6) is -0.338. The molecule has 0 heterocycles. The number of ether oxygens (including phenoxy) is 1. The van der Waals surface area contributed by atoms with Crippen LogP contribution in [0.1, 0.15) is 41.0 Å². The van der Waals surface area contributed by atoms with E-state index in [1.54, 1.807) is 6.92 Å². The summed E-state index contributed by atoms with van der Waals surface area (Å²) in [6, 6.07) is 0. The van der Waals surface area contributed by atoms with E-state index >= 15 is 0 Å². The Balaban J connectivity index is 3.82. The quantitative estimate of drug-likeness (QED) is 0.728. The first kappa shape index (κ1) is 15.6. The van der Waals surface area contributed by atoms with Crippen LogP contribution < -0.4 is 4.72 Å². The van der Waals surface area contributed by atoms with Gasteiger partial charge < -0.3 is 4.74 Å². The van der Waals surface area contributed by atoms with Crippen LogP contribution in [0.5, 0.6) is 0 Å². The molecule has 0 bridgehead atoms. The largest absolute Gasteiger partial charge is 0.466 e. The summed E-state index contributed by atoms with van der Waals surface area (Å²) < 4.78 is 19.2. The second-order valence-electron chi connectivity index (χ2n) is 4.72. The Morgan fingerprint density at radius 1 is 1.44 bits per heavy atom. The third kappa shape index (κ3) is 6.23. The maximum Gasteiger partial charge on any atom is 0.308 e. The molecule has 4 nitrogen and oxygen atoms in total. The van der Waals surface area contributed by atoms with E-state index in [1.165, 1.54) is 0 Å². The molecule has 0 amide bonds. The summed E-state index contributed by atoms with van der Waals surface area (Å²) in [5.41, 5.74) is 0. The van der Waals surface area contributed by atoms with Crippen molar-refractivity contribution in [2.24, 2.45) is 5.92 Å². The first-order valence-corrected chi connectivity index (χ1v) is 6.76.